The first-order chi connectivity index (χ1) is 14.9. The van der Waals surface area contributed by atoms with E-state index in [1.165, 1.54) is 0 Å². The van der Waals surface area contributed by atoms with Gasteiger partial charge in [-0.25, -0.2) is 8.42 Å². The van der Waals surface area contributed by atoms with Crippen molar-refractivity contribution in [3.63, 3.8) is 0 Å². The topological polar surface area (TPSA) is 69.7 Å². The van der Waals surface area contributed by atoms with Crippen LogP contribution in [0.4, 0.5) is 18.9 Å². The van der Waals surface area contributed by atoms with E-state index in [0.717, 1.165) is 28.1 Å². The van der Waals surface area contributed by atoms with Crippen LogP contribution in [-0.2, 0) is 21.0 Å². The van der Waals surface area contributed by atoms with Crippen LogP contribution in [0.25, 0.3) is 0 Å². The highest BCUT2D eigenvalue weighted by atomic mass is 35.5. The van der Waals surface area contributed by atoms with Crippen molar-refractivity contribution in [1.82, 2.24) is 9.21 Å². The number of alkyl halides is 3. The molecule has 1 N–H and O–H groups in total. The molecular formula is C21H23ClF3N3O3S. The van der Waals surface area contributed by atoms with E-state index in [1.54, 1.807) is 25.1 Å². The summed E-state index contributed by atoms with van der Waals surface area (Å²) in [5.74, 6) is -0.260. The molecule has 1 aliphatic heterocycles. The third kappa shape index (κ3) is 5.43. The zero-order chi connectivity index (χ0) is 23.7. The molecule has 2 aromatic carbocycles. The Bertz CT molecular complexity index is 1100. The van der Waals surface area contributed by atoms with Crippen LogP contribution < -0.4 is 5.32 Å². The highest BCUT2D eigenvalue weighted by Gasteiger charge is 2.35. The van der Waals surface area contributed by atoms with Crippen LogP contribution in [0.2, 0.25) is 5.02 Å². The Morgan fingerprint density at radius 3 is 2.38 bits per heavy atom. The van der Waals surface area contributed by atoms with Crippen LogP contribution in [0.1, 0.15) is 18.1 Å². The minimum Gasteiger partial charge on any atom is -0.324 e. The van der Waals surface area contributed by atoms with Crippen molar-refractivity contribution in [1.29, 1.82) is 0 Å². The number of nitrogens with one attached hydrogen (secondary N) is 1. The first kappa shape index (κ1) is 24.5. The molecule has 1 saturated heterocycles. The number of carbonyl (C=O) groups excluding carboxylic acids is 1. The van der Waals surface area contributed by atoms with Gasteiger partial charge in [0, 0.05) is 36.9 Å². The Morgan fingerprint density at radius 1 is 1.09 bits per heavy atom. The Labute approximate surface area is 190 Å². The molecule has 1 fully saturated rings. The second-order valence-electron chi connectivity index (χ2n) is 7.59. The molecule has 0 radical (unpaired) electrons. The summed E-state index contributed by atoms with van der Waals surface area (Å²) in [6, 6.07) is 8.34. The number of nitrogens with zero attached hydrogens (tertiary/aromatic N) is 2. The van der Waals surface area contributed by atoms with Crippen molar-refractivity contribution < 1.29 is 26.4 Å². The van der Waals surface area contributed by atoms with Crippen LogP contribution in [0, 0.1) is 6.92 Å². The van der Waals surface area contributed by atoms with Crippen LogP contribution in [-0.4, -0.2) is 55.8 Å². The molecule has 1 aliphatic rings. The smallest absolute Gasteiger partial charge is 0.324 e. The number of halogens is 4. The first-order valence-electron chi connectivity index (χ1n) is 9.88. The van der Waals surface area contributed by atoms with Gasteiger partial charge in [0.15, 0.2) is 0 Å². The van der Waals surface area contributed by atoms with Crippen molar-refractivity contribution in [2.75, 3.05) is 31.5 Å². The zero-order valence-corrected chi connectivity index (χ0v) is 19.1. The Morgan fingerprint density at radius 2 is 1.75 bits per heavy atom. The lowest BCUT2D eigenvalue weighted by Crippen LogP contribution is -2.53. The standard InChI is InChI=1S/C21H23ClF3N3O3S/c1-14-6-7-17(22)13-19(14)26-20(29)15(2)27-8-10-28(11-9-27)32(30,31)18-5-3-4-16(12-18)21(23,24)25/h3-7,12-13,15H,8-11H2,1-2H3,(H,26,29). The Kier molecular flexibility index (Phi) is 7.18. The van der Waals surface area contributed by atoms with E-state index < -0.39 is 32.7 Å². The maximum absolute atomic E-state index is 13.0. The van der Waals surface area contributed by atoms with Crippen molar-refractivity contribution in [3.05, 3.63) is 58.6 Å². The van der Waals surface area contributed by atoms with E-state index in [9.17, 15) is 26.4 Å². The number of carbonyl (C=O) groups is 1. The molecule has 6 nitrogen and oxygen atoms in total. The number of amides is 1. The fraction of sp³-hybridized carbons (Fsp3) is 0.381. The molecule has 2 aromatic rings. The van der Waals surface area contributed by atoms with Crippen LogP contribution in [0.3, 0.4) is 0 Å². The van der Waals surface area contributed by atoms with E-state index in [4.69, 9.17) is 11.6 Å². The van der Waals surface area contributed by atoms with Crippen molar-refractivity contribution in [2.45, 2.75) is 31.0 Å². The molecular weight excluding hydrogens is 467 g/mol. The van der Waals surface area contributed by atoms with Crippen molar-refractivity contribution >= 4 is 33.2 Å². The van der Waals surface area contributed by atoms with E-state index >= 15 is 0 Å². The largest absolute Gasteiger partial charge is 0.416 e. The van der Waals surface area contributed by atoms with Gasteiger partial charge in [-0.15, -0.1) is 0 Å². The maximum atomic E-state index is 13.0. The van der Waals surface area contributed by atoms with Crippen LogP contribution >= 0.6 is 11.6 Å². The fourth-order valence-corrected chi connectivity index (χ4v) is 5.09. The summed E-state index contributed by atoms with van der Waals surface area (Å²) in [4.78, 5) is 14.1. The van der Waals surface area contributed by atoms with E-state index in [1.807, 2.05) is 11.8 Å². The lowest BCUT2D eigenvalue weighted by Gasteiger charge is -2.36. The number of hydrogen-bond acceptors (Lipinski definition) is 4. The number of benzene rings is 2. The molecule has 1 unspecified atom stereocenters. The van der Waals surface area contributed by atoms with Gasteiger partial charge in [0.2, 0.25) is 15.9 Å². The monoisotopic (exact) mass is 489 g/mol. The van der Waals surface area contributed by atoms with Crippen LogP contribution in [0.15, 0.2) is 47.4 Å². The van der Waals surface area contributed by atoms with Gasteiger partial charge in [0.05, 0.1) is 16.5 Å². The lowest BCUT2D eigenvalue weighted by atomic mass is 10.1. The summed E-state index contributed by atoms with van der Waals surface area (Å²) in [6.07, 6.45) is -4.63. The number of piperazine rings is 1. The van der Waals surface area contributed by atoms with E-state index in [0.29, 0.717) is 16.8 Å². The highest BCUT2D eigenvalue weighted by Crippen LogP contribution is 2.31. The summed E-state index contributed by atoms with van der Waals surface area (Å²) in [5, 5.41) is 3.32. The summed E-state index contributed by atoms with van der Waals surface area (Å²) in [6.45, 7) is 4.21. The van der Waals surface area contributed by atoms with Gasteiger partial charge < -0.3 is 5.32 Å². The molecule has 32 heavy (non-hydrogen) atoms. The number of rotatable bonds is 5. The first-order valence-corrected chi connectivity index (χ1v) is 11.7. The van der Waals surface area contributed by atoms with Crippen molar-refractivity contribution in [3.8, 4) is 0 Å². The third-order valence-electron chi connectivity index (χ3n) is 5.46. The highest BCUT2D eigenvalue weighted by molar-refractivity contribution is 7.89. The average molecular weight is 490 g/mol. The molecule has 1 amide bonds. The SMILES string of the molecule is Cc1ccc(Cl)cc1NC(=O)C(C)N1CCN(S(=O)(=O)c2cccc(C(F)(F)F)c2)CC1. The van der Waals surface area contributed by atoms with Gasteiger partial charge in [-0.1, -0.05) is 23.7 Å². The molecule has 0 bridgehead atoms. The Balaban J connectivity index is 1.65. The van der Waals surface area contributed by atoms with E-state index in [-0.39, 0.29) is 32.1 Å². The zero-order valence-electron chi connectivity index (χ0n) is 17.5. The van der Waals surface area contributed by atoms with Gasteiger partial charge in [-0.3, -0.25) is 9.69 Å². The second-order valence-corrected chi connectivity index (χ2v) is 9.96. The molecule has 3 rings (SSSR count). The summed E-state index contributed by atoms with van der Waals surface area (Å²) < 4.78 is 65.7. The fourth-order valence-electron chi connectivity index (χ4n) is 3.45. The molecule has 0 aromatic heterocycles. The Hall–Kier alpha value is -2.14. The summed E-state index contributed by atoms with van der Waals surface area (Å²) >= 11 is 5.99. The molecule has 0 saturated carbocycles. The van der Waals surface area contributed by atoms with Gasteiger partial charge >= 0.3 is 6.18 Å². The normalized spacial score (nSPS) is 17.2. The quantitative estimate of drug-likeness (QED) is 0.689. The molecule has 11 heteroatoms. The lowest BCUT2D eigenvalue weighted by molar-refractivity contribution is -0.137. The third-order valence-corrected chi connectivity index (χ3v) is 7.59. The number of aryl methyl sites for hydroxylation is 1. The molecule has 1 atom stereocenters. The van der Waals surface area contributed by atoms with Gasteiger partial charge in [0.1, 0.15) is 0 Å². The molecule has 174 valence electrons. The average Bonchev–Trinajstić information content (AvgIpc) is 2.75. The van der Waals surface area contributed by atoms with Gasteiger partial charge in [0.25, 0.3) is 0 Å². The van der Waals surface area contributed by atoms with Crippen LogP contribution in [0.5, 0.6) is 0 Å². The van der Waals surface area contributed by atoms with Gasteiger partial charge in [-0.05, 0) is 49.7 Å². The number of sulfonamides is 1. The molecule has 0 aliphatic carbocycles. The van der Waals surface area contributed by atoms with Crippen molar-refractivity contribution in [2.24, 2.45) is 0 Å². The maximum Gasteiger partial charge on any atom is 0.416 e. The van der Waals surface area contributed by atoms with E-state index in [2.05, 4.69) is 5.32 Å². The predicted octanol–water partition coefficient (Wildman–Crippen LogP) is 4.00. The number of anilines is 1. The number of hydrogen-bond donors (Lipinski definition) is 1. The predicted molar refractivity (Wildman–Crippen MR) is 116 cm³/mol. The minimum absolute atomic E-state index is 0.0619. The minimum atomic E-state index is -4.63. The molecule has 0 spiro atoms. The summed E-state index contributed by atoms with van der Waals surface area (Å²) in [5.41, 5.74) is 0.436. The summed E-state index contributed by atoms with van der Waals surface area (Å²) in [7, 11) is -4.08. The molecule has 1 heterocycles. The second kappa shape index (κ2) is 9.38. The van der Waals surface area contributed by atoms with Gasteiger partial charge in [-0.2, -0.15) is 17.5 Å².